The van der Waals surface area contributed by atoms with Gasteiger partial charge in [-0.05, 0) is 37.3 Å². The summed E-state index contributed by atoms with van der Waals surface area (Å²) in [5.74, 6) is -0.488. The normalized spacial score (nSPS) is 17.6. The number of nitrogens with zero attached hydrogens (tertiary/aromatic N) is 2. The highest BCUT2D eigenvalue weighted by atomic mass is 79.9. The zero-order valence-corrected chi connectivity index (χ0v) is 19.0. The lowest BCUT2D eigenvalue weighted by Crippen LogP contribution is -2.30. The Morgan fingerprint density at radius 3 is 2.41 bits per heavy atom. The van der Waals surface area contributed by atoms with Crippen molar-refractivity contribution in [2.24, 2.45) is 0 Å². The summed E-state index contributed by atoms with van der Waals surface area (Å²) in [6, 6.07) is 12.3. The highest BCUT2D eigenvalue weighted by Crippen LogP contribution is 2.45. The summed E-state index contributed by atoms with van der Waals surface area (Å²) >= 11 is 3.35. The summed E-state index contributed by atoms with van der Waals surface area (Å²) in [4.78, 5) is 27.5. The Balaban J connectivity index is 2.00. The second-order valence-corrected chi connectivity index (χ2v) is 8.00. The van der Waals surface area contributed by atoms with Crippen molar-refractivity contribution in [3.8, 4) is 11.5 Å². The van der Waals surface area contributed by atoms with Gasteiger partial charge < -0.3 is 19.1 Å². The molecule has 32 heavy (non-hydrogen) atoms. The van der Waals surface area contributed by atoms with E-state index in [4.69, 9.17) is 14.0 Å². The van der Waals surface area contributed by atoms with Crippen LogP contribution >= 0.6 is 15.9 Å². The number of halogens is 1. The topological polar surface area (TPSA) is 102 Å². The molecule has 0 spiro atoms. The summed E-state index contributed by atoms with van der Waals surface area (Å²) in [7, 11) is 2.98. The molecule has 4 rings (SSSR count). The minimum absolute atomic E-state index is 0.0930. The number of Topliss-reactive ketones (excluding diaryl/α,β-unsaturated/α-hetero) is 1. The molecule has 1 unspecified atom stereocenters. The van der Waals surface area contributed by atoms with Crippen molar-refractivity contribution < 1.29 is 28.7 Å². The van der Waals surface area contributed by atoms with Gasteiger partial charge in [0.1, 0.15) is 29.1 Å². The van der Waals surface area contributed by atoms with E-state index in [1.807, 2.05) is 0 Å². The molecule has 2 heterocycles. The number of hydrogen-bond acceptors (Lipinski definition) is 7. The molecule has 164 valence electrons. The van der Waals surface area contributed by atoms with Crippen molar-refractivity contribution >= 4 is 39.2 Å². The molecular formula is C23H19BrN2O6. The van der Waals surface area contributed by atoms with Gasteiger partial charge in [-0.2, -0.15) is 0 Å². The third-order valence-electron chi connectivity index (χ3n) is 5.16. The van der Waals surface area contributed by atoms with Crippen molar-refractivity contribution in [3.63, 3.8) is 0 Å². The number of hydrogen-bond donors (Lipinski definition) is 1. The first-order valence-electron chi connectivity index (χ1n) is 9.58. The lowest BCUT2D eigenvalue weighted by Gasteiger charge is -2.24. The Morgan fingerprint density at radius 1 is 1.09 bits per heavy atom. The summed E-state index contributed by atoms with van der Waals surface area (Å²) in [6.45, 7) is 1.68. The second-order valence-electron chi connectivity index (χ2n) is 7.08. The molecular weight excluding hydrogens is 480 g/mol. The van der Waals surface area contributed by atoms with Crippen LogP contribution in [0.25, 0.3) is 5.76 Å². The maximum absolute atomic E-state index is 13.2. The van der Waals surface area contributed by atoms with E-state index in [1.54, 1.807) is 55.5 Å². The summed E-state index contributed by atoms with van der Waals surface area (Å²) < 4.78 is 16.8. The predicted molar refractivity (Wildman–Crippen MR) is 120 cm³/mol. The van der Waals surface area contributed by atoms with Gasteiger partial charge in [-0.25, -0.2) is 0 Å². The highest BCUT2D eigenvalue weighted by molar-refractivity contribution is 9.10. The number of ketones is 1. The van der Waals surface area contributed by atoms with Gasteiger partial charge in [0, 0.05) is 21.7 Å². The van der Waals surface area contributed by atoms with Crippen molar-refractivity contribution in [1.82, 2.24) is 5.16 Å². The minimum atomic E-state index is -1.02. The van der Waals surface area contributed by atoms with Crippen LogP contribution in [0.5, 0.6) is 11.5 Å². The minimum Gasteiger partial charge on any atom is -0.507 e. The zero-order chi connectivity index (χ0) is 23.0. The average molecular weight is 499 g/mol. The number of ether oxygens (including phenoxy) is 2. The number of amides is 1. The van der Waals surface area contributed by atoms with E-state index in [9.17, 15) is 14.7 Å². The van der Waals surface area contributed by atoms with Crippen LogP contribution < -0.4 is 14.4 Å². The number of benzene rings is 2. The standard InChI is InChI=1S/C23H19BrN2O6/c1-12-10-18(25-32-12)26-20(16-11-15(30-2)8-9-17(16)31-3)19(22(28)23(26)29)21(27)13-4-6-14(24)7-5-13/h4-11,20,27H,1-3H3/b21-19+. The maximum atomic E-state index is 13.2. The van der Waals surface area contributed by atoms with Crippen LogP contribution in [0.1, 0.15) is 22.9 Å². The van der Waals surface area contributed by atoms with Crippen LogP contribution in [-0.2, 0) is 9.59 Å². The lowest BCUT2D eigenvalue weighted by atomic mass is 9.94. The van der Waals surface area contributed by atoms with E-state index in [0.717, 1.165) is 4.47 Å². The number of aryl methyl sites for hydroxylation is 1. The van der Waals surface area contributed by atoms with Gasteiger partial charge in [-0.1, -0.05) is 33.2 Å². The largest absolute Gasteiger partial charge is 0.507 e. The summed E-state index contributed by atoms with van der Waals surface area (Å²) in [5.41, 5.74) is 0.740. The molecule has 2 aromatic carbocycles. The first-order valence-corrected chi connectivity index (χ1v) is 10.4. The number of aliphatic hydroxyl groups excluding tert-OH is 1. The van der Waals surface area contributed by atoms with Crippen LogP contribution in [0.3, 0.4) is 0 Å². The molecule has 1 saturated heterocycles. The molecule has 3 aromatic rings. The Morgan fingerprint density at radius 2 is 1.81 bits per heavy atom. The SMILES string of the molecule is COc1ccc(OC)c(C2/C(=C(\O)c3ccc(Br)cc3)C(=O)C(=O)N2c2cc(C)on2)c1. The second kappa shape index (κ2) is 8.51. The number of methoxy groups -OCH3 is 2. The fourth-order valence-corrected chi connectivity index (χ4v) is 3.91. The van der Waals surface area contributed by atoms with E-state index in [-0.39, 0.29) is 17.2 Å². The van der Waals surface area contributed by atoms with Crippen molar-refractivity contribution in [2.75, 3.05) is 19.1 Å². The Labute approximate surface area is 192 Å². The third kappa shape index (κ3) is 3.64. The maximum Gasteiger partial charge on any atom is 0.301 e. The molecule has 1 aliphatic heterocycles. The lowest BCUT2D eigenvalue weighted by molar-refractivity contribution is -0.132. The van der Waals surface area contributed by atoms with Gasteiger partial charge in [0.05, 0.1) is 19.8 Å². The number of aromatic nitrogens is 1. The molecule has 1 aromatic heterocycles. The number of aliphatic hydroxyl groups is 1. The molecule has 0 radical (unpaired) electrons. The number of rotatable bonds is 5. The van der Waals surface area contributed by atoms with E-state index >= 15 is 0 Å². The van der Waals surface area contributed by atoms with Crippen LogP contribution in [-0.4, -0.2) is 36.2 Å². The molecule has 8 nitrogen and oxygen atoms in total. The molecule has 1 N–H and O–H groups in total. The zero-order valence-electron chi connectivity index (χ0n) is 17.5. The highest BCUT2D eigenvalue weighted by Gasteiger charge is 2.49. The molecule has 1 atom stereocenters. The third-order valence-corrected chi connectivity index (χ3v) is 5.68. The molecule has 0 saturated carbocycles. The number of carbonyl (C=O) groups is 2. The van der Waals surface area contributed by atoms with E-state index < -0.39 is 17.7 Å². The fraction of sp³-hybridized carbons (Fsp3) is 0.174. The van der Waals surface area contributed by atoms with Gasteiger partial charge in [-0.3, -0.25) is 14.5 Å². The first-order chi connectivity index (χ1) is 15.3. The molecule has 9 heteroatoms. The monoisotopic (exact) mass is 498 g/mol. The number of anilines is 1. The summed E-state index contributed by atoms with van der Waals surface area (Å²) in [5, 5.41) is 15.1. The van der Waals surface area contributed by atoms with E-state index in [1.165, 1.54) is 19.1 Å². The van der Waals surface area contributed by atoms with Gasteiger partial charge in [-0.15, -0.1) is 0 Å². The Hall–Kier alpha value is -3.59. The van der Waals surface area contributed by atoms with Crippen molar-refractivity contribution in [3.05, 3.63) is 75.5 Å². The van der Waals surface area contributed by atoms with Crippen LogP contribution in [0.4, 0.5) is 5.82 Å². The predicted octanol–water partition coefficient (Wildman–Crippen LogP) is 4.39. The quantitative estimate of drug-likeness (QED) is 0.316. The molecule has 1 aliphatic rings. The van der Waals surface area contributed by atoms with Crippen molar-refractivity contribution in [2.45, 2.75) is 13.0 Å². The molecule has 0 bridgehead atoms. The summed E-state index contributed by atoms with van der Waals surface area (Å²) in [6.07, 6.45) is 0. The molecule has 1 fully saturated rings. The van der Waals surface area contributed by atoms with Crippen LogP contribution in [0.15, 0.2) is 63.1 Å². The van der Waals surface area contributed by atoms with E-state index in [0.29, 0.717) is 28.4 Å². The smallest absolute Gasteiger partial charge is 0.301 e. The van der Waals surface area contributed by atoms with Gasteiger partial charge in [0.2, 0.25) is 0 Å². The molecule has 0 aliphatic carbocycles. The average Bonchev–Trinajstić information content (AvgIpc) is 3.33. The van der Waals surface area contributed by atoms with E-state index in [2.05, 4.69) is 21.1 Å². The first kappa shape index (κ1) is 21.6. The fourth-order valence-electron chi connectivity index (χ4n) is 3.65. The van der Waals surface area contributed by atoms with Gasteiger partial charge in [0.15, 0.2) is 5.82 Å². The Bertz CT molecular complexity index is 1230. The van der Waals surface area contributed by atoms with Crippen LogP contribution in [0.2, 0.25) is 0 Å². The van der Waals surface area contributed by atoms with Gasteiger partial charge in [0.25, 0.3) is 5.78 Å². The Kier molecular flexibility index (Phi) is 5.75. The number of carbonyl (C=O) groups excluding carboxylic acids is 2. The van der Waals surface area contributed by atoms with Gasteiger partial charge >= 0.3 is 5.91 Å². The van der Waals surface area contributed by atoms with Crippen LogP contribution in [0, 0.1) is 6.92 Å². The molecule has 1 amide bonds. The van der Waals surface area contributed by atoms with Crippen molar-refractivity contribution in [1.29, 1.82) is 0 Å².